The van der Waals surface area contributed by atoms with E-state index in [-0.39, 0.29) is 11.8 Å². The van der Waals surface area contributed by atoms with Gasteiger partial charge >= 0.3 is 0 Å². The summed E-state index contributed by atoms with van der Waals surface area (Å²) >= 11 is 0. The number of rotatable bonds is 4. The zero-order chi connectivity index (χ0) is 16.4. The second-order valence-electron chi connectivity index (χ2n) is 5.53. The van der Waals surface area contributed by atoms with E-state index in [2.05, 4.69) is 15.0 Å². The number of hydrogen-bond donors (Lipinski definition) is 0. The Balaban J connectivity index is 1.79. The molecule has 1 atom stereocenters. The van der Waals surface area contributed by atoms with Crippen LogP contribution in [0.25, 0.3) is 0 Å². The van der Waals surface area contributed by atoms with Gasteiger partial charge in [0.15, 0.2) is 0 Å². The fourth-order valence-electron chi connectivity index (χ4n) is 2.75. The van der Waals surface area contributed by atoms with Crippen molar-refractivity contribution in [3.63, 3.8) is 0 Å². The molecule has 0 aromatic carbocycles. The number of pyridine rings is 1. The Bertz CT molecular complexity index is 715. The average Bonchev–Trinajstić information content (AvgIpc) is 3.04. The Morgan fingerprint density at radius 3 is 2.96 bits per heavy atom. The van der Waals surface area contributed by atoms with E-state index in [1.54, 1.807) is 6.07 Å². The predicted molar refractivity (Wildman–Crippen MR) is 84.4 cm³/mol. The summed E-state index contributed by atoms with van der Waals surface area (Å²) in [5, 5.41) is 15.1. The summed E-state index contributed by atoms with van der Waals surface area (Å²) in [5.41, 5.74) is 1.85. The monoisotopic (exact) mass is 317 g/mol. The van der Waals surface area contributed by atoms with Crippen LogP contribution in [0.1, 0.15) is 24.2 Å². The highest BCUT2D eigenvalue weighted by Gasteiger charge is 2.25. The van der Waals surface area contributed by atoms with Crippen molar-refractivity contribution < 1.29 is 9.66 Å². The SMILES string of the molecule is CCn1cc(C2CN(c3ncc([N+](=O)[O-])cc3C)CCO2)cn1. The number of nitro groups is 1. The van der Waals surface area contributed by atoms with Crippen LogP contribution < -0.4 is 4.90 Å². The number of aromatic nitrogens is 3. The molecule has 3 rings (SSSR count). The highest BCUT2D eigenvalue weighted by molar-refractivity contribution is 5.51. The lowest BCUT2D eigenvalue weighted by Gasteiger charge is -2.34. The van der Waals surface area contributed by atoms with Crippen LogP contribution in [0, 0.1) is 17.0 Å². The van der Waals surface area contributed by atoms with Crippen LogP contribution in [0.2, 0.25) is 0 Å². The molecule has 23 heavy (non-hydrogen) atoms. The first-order chi connectivity index (χ1) is 11.1. The van der Waals surface area contributed by atoms with Gasteiger partial charge < -0.3 is 9.64 Å². The molecule has 0 saturated carbocycles. The van der Waals surface area contributed by atoms with Gasteiger partial charge in [-0.1, -0.05) is 0 Å². The molecular weight excluding hydrogens is 298 g/mol. The van der Waals surface area contributed by atoms with Gasteiger partial charge in [-0.05, 0) is 19.4 Å². The van der Waals surface area contributed by atoms with E-state index >= 15 is 0 Å². The summed E-state index contributed by atoms with van der Waals surface area (Å²) in [4.78, 5) is 16.8. The zero-order valence-electron chi connectivity index (χ0n) is 13.2. The minimum absolute atomic E-state index is 0.0141. The van der Waals surface area contributed by atoms with E-state index in [0.717, 1.165) is 23.5 Å². The Hall–Kier alpha value is -2.48. The predicted octanol–water partition coefficient (Wildman–Crippen LogP) is 2.09. The molecule has 2 aromatic heterocycles. The summed E-state index contributed by atoms with van der Waals surface area (Å²) in [6.45, 7) is 6.65. The second kappa shape index (κ2) is 6.33. The van der Waals surface area contributed by atoms with Crippen molar-refractivity contribution in [2.24, 2.45) is 0 Å². The first-order valence-corrected chi connectivity index (χ1v) is 7.58. The molecule has 8 heteroatoms. The van der Waals surface area contributed by atoms with Crippen LogP contribution in [0.4, 0.5) is 11.5 Å². The van der Waals surface area contributed by atoms with Gasteiger partial charge in [-0.2, -0.15) is 5.10 Å². The lowest BCUT2D eigenvalue weighted by Crippen LogP contribution is -2.39. The maximum Gasteiger partial charge on any atom is 0.287 e. The third-order valence-electron chi connectivity index (χ3n) is 3.96. The molecule has 1 fully saturated rings. The van der Waals surface area contributed by atoms with Crippen molar-refractivity contribution in [1.29, 1.82) is 0 Å². The highest BCUT2D eigenvalue weighted by atomic mass is 16.6. The molecule has 1 saturated heterocycles. The average molecular weight is 317 g/mol. The smallest absolute Gasteiger partial charge is 0.287 e. The summed E-state index contributed by atoms with van der Waals surface area (Å²) in [7, 11) is 0. The fraction of sp³-hybridized carbons (Fsp3) is 0.467. The quantitative estimate of drug-likeness (QED) is 0.634. The lowest BCUT2D eigenvalue weighted by atomic mass is 10.1. The third-order valence-corrected chi connectivity index (χ3v) is 3.96. The van der Waals surface area contributed by atoms with Crippen LogP contribution in [0.5, 0.6) is 0 Å². The Morgan fingerprint density at radius 1 is 1.48 bits per heavy atom. The summed E-state index contributed by atoms with van der Waals surface area (Å²) in [6, 6.07) is 1.56. The van der Waals surface area contributed by atoms with Crippen molar-refractivity contribution >= 4 is 11.5 Å². The summed E-state index contributed by atoms with van der Waals surface area (Å²) < 4.78 is 7.71. The number of aryl methyl sites for hydroxylation is 2. The molecule has 0 bridgehead atoms. The van der Waals surface area contributed by atoms with E-state index in [1.807, 2.05) is 30.9 Å². The third kappa shape index (κ3) is 3.16. The highest BCUT2D eigenvalue weighted by Crippen LogP contribution is 2.28. The number of hydrogen-bond acceptors (Lipinski definition) is 6. The fourth-order valence-corrected chi connectivity index (χ4v) is 2.75. The van der Waals surface area contributed by atoms with Crippen molar-refractivity contribution in [3.05, 3.63) is 45.9 Å². The van der Waals surface area contributed by atoms with Gasteiger partial charge in [0, 0.05) is 37.5 Å². The van der Waals surface area contributed by atoms with Gasteiger partial charge in [-0.15, -0.1) is 0 Å². The van der Waals surface area contributed by atoms with Gasteiger partial charge in [0.05, 0.1) is 17.7 Å². The number of ether oxygens (including phenoxy) is 1. The van der Waals surface area contributed by atoms with Crippen LogP contribution in [0.3, 0.4) is 0 Å². The molecule has 3 heterocycles. The molecule has 0 N–H and O–H groups in total. The second-order valence-corrected chi connectivity index (χ2v) is 5.53. The van der Waals surface area contributed by atoms with Crippen molar-refractivity contribution in [2.75, 3.05) is 24.6 Å². The topological polar surface area (TPSA) is 86.3 Å². The van der Waals surface area contributed by atoms with Crippen LogP contribution in [-0.4, -0.2) is 39.4 Å². The maximum atomic E-state index is 10.8. The molecule has 8 nitrogen and oxygen atoms in total. The summed E-state index contributed by atoms with van der Waals surface area (Å²) in [6.07, 6.45) is 5.06. The largest absolute Gasteiger partial charge is 0.370 e. The normalized spacial score (nSPS) is 18.2. The Labute approximate surface area is 133 Å². The van der Waals surface area contributed by atoms with Crippen molar-refractivity contribution in [1.82, 2.24) is 14.8 Å². The summed E-state index contributed by atoms with van der Waals surface area (Å²) in [5.74, 6) is 0.770. The van der Waals surface area contributed by atoms with E-state index in [9.17, 15) is 10.1 Å². The molecular formula is C15H19N5O3. The lowest BCUT2D eigenvalue weighted by molar-refractivity contribution is -0.385. The number of morpholine rings is 1. The van der Waals surface area contributed by atoms with E-state index < -0.39 is 4.92 Å². The zero-order valence-corrected chi connectivity index (χ0v) is 13.2. The molecule has 0 spiro atoms. The van der Waals surface area contributed by atoms with Crippen molar-refractivity contribution in [3.8, 4) is 0 Å². The van der Waals surface area contributed by atoms with Crippen molar-refractivity contribution in [2.45, 2.75) is 26.5 Å². The molecule has 0 radical (unpaired) electrons. The van der Waals surface area contributed by atoms with Crippen LogP contribution >= 0.6 is 0 Å². The number of anilines is 1. The molecule has 1 aliphatic rings. The van der Waals surface area contributed by atoms with Gasteiger partial charge in [0.25, 0.3) is 5.69 Å². The first-order valence-electron chi connectivity index (χ1n) is 7.58. The van der Waals surface area contributed by atoms with Gasteiger partial charge in [0.2, 0.25) is 0 Å². The van der Waals surface area contributed by atoms with E-state index in [0.29, 0.717) is 19.7 Å². The van der Waals surface area contributed by atoms with Gasteiger partial charge in [-0.25, -0.2) is 4.98 Å². The minimum Gasteiger partial charge on any atom is -0.370 e. The molecule has 0 aliphatic carbocycles. The van der Waals surface area contributed by atoms with Gasteiger partial charge in [-0.3, -0.25) is 14.8 Å². The molecule has 0 amide bonds. The standard InChI is InChI=1S/C15H19N5O3/c1-3-19-9-12(7-17-19)14-10-18(4-5-23-14)15-11(2)6-13(8-16-15)20(21)22/h6-9,14H,3-5,10H2,1-2H3. The maximum absolute atomic E-state index is 10.8. The van der Waals surface area contributed by atoms with Gasteiger partial charge in [0.1, 0.15) is 18.1 Å². The first kappa shape index (κ1) is 15.4. The van der Waals surface area contributed by atoms with E-state index in [4.69, 9.17) is 4.74 Å². The molecule has 122 valence electrons. The minimum atomic E-state index is -0.426. The Morgan fingerprint density at radius 2 is 2.30 bits per heavy atom. The molecule has 1 aliphatic heterocycles. The molecule has 2 aromatic rings. The van der Waals surface area contributed by atoms with Crippen LogP contribution in [-0.2, 0) is 11.3 Å². The van der Waals surface area contributed by atoms with Crippen LogP contribution in [0.15, 0.2) is 24.7 Å². The molecule has 1 unspecified atom stereocenters. The van der Waals surface area contributed by atoms with E-state index in [1.165, 1.54) is 6.20 Å². The Kier molecular flexibility index (Phi) is 4.24. The number of nitrogens with zero attached hydrogens (tertiary/aromatic N) is 5.